The van der Waals surface area contributed by atoms with Gasteiger partial charge in [-0.3, -0.25) is 0 Å². The van der Waals surface area contributed by atoms with Crippen LogP contribution in [0, 0.1) is 0 Å². The van der Waals surface area contributed by atoms with E-state index in [1.165, 1.54) is 19.3 Å². The number of rotatable bonds is 1. The largest absolute Gasteiger partial charge is 0.344 e. The smallest absolute Gasteiger partial charge is 0.344 e. The molecular weight excluding hydrogens is 1140 g/mol. The molecule has 0 aromatic rings. The molecule has 0 heterocycles. The molecule has 0 aromatic carbocycles. The van der Waals surface area contributed by atoms with Crippen molar-refractivity contribution in [1.29, 1.82) is 0 Å². The molecule has 0 spiro atoms. The Morgan fingerprint density at radius 3 is 0.778 bits per heavy atom. The zero-order valence-electron chi connectivity index (χ0n) is 11.9. The molecule has 0 aliphatic carbocycles. The quantitative estimate of drug-likeness (QED) is 0.275. The average molecular weight is 1170 g/mol. The van der Waals surface area contributed by atoms with E-state index in [-0.39, 0.29) is 30.1 Å². The molecule has 9 heteroatoms. The number of hydrogen-bond acceptors (Lipinski definition) is 1. The third kappa shape index (κ3) is 204. The van der Waals surface area contributed by atoms with Gasteiger partial charge < -0.3 is 6.15 Å². The van der Waals surface area contributed by atoms with Crippen LogP contribution >= 0.6 is 136 Å². The Balaban J connectivity index is -0.0000000111. The van der Waals surface area contributed by atoms with Crippen LogP contribution in [0.3, 0.4) is 0 Å². The molecule has 0 radical (unpaired) electrons. The molecule has 0 aliphatic heterocycles. The molecule has 0 bridgehead atoms. The van der Waals surface area contributed by atoms with E-state index in [2.05, 4.69) is 139 Å². The van der Waals surface area contributed by atoms with Gasteiger partial charge in [0.1, 0.15) is 0 Å². The summed E-state index contributed by atoms with van der Waals surface area (Å²) in [4.78, 5) is 0. The summed E-state index contributed by atoms with van der Waals surface area (Å²) in [6.07, 6.45) is 3.89. The van der Waals surface area contributed by atoms with E-state index in [1.54, 1.807) is 0 Å². The van der Waals surface area contributed by atoms with Gasteiger partial charge in [0.25, 0.3) is 0 Å². The summed E-state index contributed by atoms with van der Waals surface area (Å²) in [7, 11) is 0. The van der Waals surface area contributed by atoms with E-state index >= 15 is 0 Å². The first-order valence-electron chi connectivity index (χ1n) is 4.90. The van der Waals surface area contributed by atoms with Crippen LogP contribution < -0.4 is 19.4 Å². The van der Waals surface area contributed by atoms with Crippen molar-refractivity contribution in [2.45, 2.75) is 60.8 Å². The Hall–Kier alpha value is 5.80. The van der Waals surface area contributed by atoms with Crippen LogP contribution in [0.1, 0.15) is 60.8 Å². The SMILES string of the molecule is CC.CCC.CCCC.I.II.II.I[I-]I.N. The van der Waals surface area contributed by atoms with Crippen LogP contribution in [-0.2, 0) is 0 Å². The zero-order chi connectivity index (χ0) is 14.8. The minimum atomic E-state index is 0. The summed E-state index contributed by atoms with van der Waals surface area (Å²) < 4.78 is 0. The first-order valence-corrected chi connectivity index (χ1v) is 30.0. The zero-order valence-corrected chi connectivity index (χ0v) is 29.3. The summed E-state index contributed by atoms with van der Waals surface area (Å²) >= 11 is 13.8. The van der Waals surface area contributed by atoms with Gasteiger partial charge in [-0.25, -0.2) is 0 Å². The second-order valence-electron chi connectivity index (χ2n) is 1.76. The second-order valence-corrected chi connectivity index (χ2v) is 18.0. The minimum absolute atomic E-state index is 0. The summed E-state index contributed by atoms with van der Waals surface area (Å²) in [6.45, 7) is 12.6. The first kappa shape index (κ1) is 49.6. The van der Waals surface area contributed by atoms with E-state index in [0.29, 0.717) is 13.3 Å². The topological polar surface area (TPSA) is 35.0 Å². The maximum atomic E-state index is 2.39. The van der Waals surface area contributed by atoms with Crippen molar-refractivity contribution in [3.8, 4) is 0 Å². The van der Waals surface area contributed by atoms with Crippen molar-refractivity contribution in [3.05, 3.63) is 0 Å². The van der Waals surface area contributed by atoms with Crippen LogP contribution in [-0.4, -0.2) is 0 Å². The third-order valence-electron chi connectivity index (χ3n) is 0.500. The first-order chi connectivity index (χ1) is 7.74. The van der Waals surface area contributed by atoms with Gasteiger partial charge in [0.15, 0.2) is 0 Å². The fraction of sp³-hybridized carbons (Fsp3) is 1.00. The third-order valence-corrected chi connectivity index (χ3v) is 0.500. The second kappa shape index (κ2) is 113. The maximum Gasteiger partial charge on any atom is -0.344 e. The van der Waals surface area contributed by atoms with E-state index in [9.17, 15) is 0 Å². The van der Waals surface area contributed by atoms with E-state index < -0.39 is 0 Å². The van der Waals surface area contributed by atoms with Gasteiger partial charge in [-0.05, 0) is 0 Å². The van der Waals surface area contributed by atoms with E-state index in [1.807, 2.05) is 13.8 Å². The molecule has 0 rings (SSSR count). The molecule has 0 unspecified atom stereocenters. The van der Waals surface area contributed by atoms with Crippen molar-refractivity contribution < 1.29 is 13.3 Å². The van der Waals surface area contributed by atoms with Gasteiger partial charge in [-0.1, -0.05) is 60.8 Å². The van der Waals surface area contributed by atoms with Crippen molar-refractivity contribution in [2.24, 2.45) is 0 Å². The molecule has 3 N–H and O–H groups in total. The molecule has 1 nitrogen and oxygen atoms in total. The van der Waals surface area contributed by atoms with Crippen LogP contribution in [0.2, 0.25) is 0 Å². The standard InChI is InChI=1S/C4H10.C3H8.C2H6.I3.2I2.HI.H3N/c1-3-4-2;1-3-2;1-2;1-3-2;2*1-2;;/h3-4H2,1-2H3;3H2,1-2H3;1-2H3;;;;1H;1H3/q;;;-1;;;;. The predicted octanol–water partition coefficient (Wildman–Crippen LogP) is 7.35. The van der Waals surface area contributed by atoms with Gasteiger partial charge in [0, 0.05) is 74.5 Å². The summed E-state index contributed by atoms with van der Waals surface area (Å²) in [5.74, 6) is 0. The molecule has 0 aliphatic rings. The van der Waals surface area contributed by atoms with Crippen molar-refractivity contribution in [2.75, 3.05) is 0 Å². The van der Waals surface area contributed by atoms with Crippen LogP contribution in [0.25, 0.3) is 0 Å². The average Bonchev–Trinajstić information content (AvgIpc) is 2.38. The Bertz CT molecular complexity index is 34.5. The van der Waals surface area contributed by atoms with Crippen LogP contribution in [0.15, 0.2) is 0 Å². The summed E-state index contributed by atoms with van der Waals surface area (Å²) in [5, 5.41) is 0. The van der Waals surface area contributed by atoms with Crippen LogP contribution in [0.5, 0.6) is 0 Å². The monoisotopic (exact) mass is 1170 g/mol. The van der Waals surface area contributed by atoms with Gasteiger partial charge >= 0.3 is 50.5 Å². The van der Waals surface area contributed by atoms with E-state index in [0.717, 1.165) is 0 Å². The Kier molecular flexibility index (Phi) is 311. The molecule has 18 heavy (non-hydrogen) atoms. The fourth-order valence-corrected chi connectivity index (χ4v) is 0. The normalized spacial score (nSPS) is 4.89. The molecule has 0 saturated carbocycles. The Morgan fingerprint density at radius 2 is 0.778 bits per heavy atom. The molecule has 0 amide bonds. The molecule has 0 atom stereocenters. The van der Waals surface area contributed by atoms with Gasteiger partial charge in [0.05, 0.1) is 0 Å². The fourth-order valence-electron chi connectivity index (χ4n) is 0. The van der Waals surface area contributed by atoms with Crippen molar-refractivity contribution in [1.82, 2.24) is 6.15 Å². The van der Waals surface area contributed by atoms with Crippen molar-refractivity contribution >= 4 is 136 Å². The van der Waals surface area contributed by atoms with Gasteiger partial charge in [0.2, 0.25) is 0 Å². The van der Waals surface area contributed by atoms with Gasteiger partial charge in [-0.15, -0.1) is 24.0 Å². The van der Waals surface area contributed by atoms with Crippen LogP contribution in [0.4, 0.5) is 0 Å². The van der Waals surface area contributed by atoms with E-state index in [4.69, 9.17) is 0 Å². The summed E-state index contributed by atoms with van der Waals surface area (Å²) in [6, 6.07) is 0. The molecular formula is C9H28I8N-. The predicted molar refractivity (Wildman–Crippen MR) is 152 cm³/mol. The Morgan fingerprint density at radius 1 is 0.722 bits per heavy atom. The molecule has 126 valence electrons. The Labute approximate surface area is 210 Å². The summed E-state index contributed by atoms with van der Waals surface area (Å²) in [5.41, 5.74) is 0. The number of hydrogen-bond donors (Lipinski definition) is 1. The molecule has 0 aromatic heterocycles. The maximum absolute atomic E-state index is 2.39. The minimum Gasteiger partial charge on any atom is -0.344 e. The molecule has 0 fully saturated rings. The molecule has 0 saturated heterocycles. The number of unbranched alkanes of at least 4 members (excludes halogenated alkanes) is 1. The van der Waals surface area contributed by atoms with Gasteiger partial charge in [-0.2, -0.15) is 0 Å². The van der Waals surface area contributed by atoms with Crippen molar-refractivity contribution in [3.63, 3.8) is 0 Å². The number of halogens is 8.